The maximum Gasteiger partial charge on any atom is 2.00 e. The minimum Gasteiger partial charge on any atom is -1.00 e. The first-order valence-corrected chi connectivity index (χ1v) is 30.4. The van der Waals surface area contributed by atoms with Crippen molar-refractivity contribution in [1.29, 1.82) is 5.26 Å². The van der Waals surface area contributed by atoms with E-state index < -0.39 is 11.9 Å². The van der Waals surface area contributed by atoms with Crippen molar-refractivity contribution in [1.82, 2.24) is 50.0 Å². The molecule has 0 saturated heterocycles. The van der Waals surface area contributed by atoms with Crippen LogP contribution >= 0.6 is 57.6 Å². The number of hydrogen-bond acceptors (Lipinski definition) is 19. The van der Waals surface area contributed by atoms with Gasteiger partial charge in [0, 0.05) is 80.3 Å². The number of carbonyl (C=O) groups is 5. The Morgan fingerprint density at radius 3 is 1.54 bits per heavy atom. The van der Waals surface area contributed by atoms with Crippen LogP contribution in [0.5, 0.6) is 0 Å². The second-order valence-electron chi connectivity index (χ2n) is 20.7. The Kier molecular flexibility index (Phi) is 31.2. The normalized spacial score (nSPS) is 12.4. The summed E-state index contributed by atoms with van der Waals surface area (Å²) in [6.07, 6.45) is 15.1. The largest absolute Gasteiger partial charge is 2.00 e. The zero-order valence-electron chi connectivity index (χ0n) is 51.6. The number of imidazole rings is 2. The number of aromatic nitrogens is 8. The summed E-state index contributed by atoms with van der Waals surface area (Å²) in [7, 11) is 0. The topological polar surface area (TPSA) is 367 Å². The third kappa shape index (κ3) is 23.5. The number of anilines is 2. The molecule has 3 aliphatic rings. The molecule has 4 aromatic heterocycles. The third-order valence-corrected chi connectivity index (χ3v) is 14.7. The van der Waals surface area contributed by atoms with E-state index in [4.69, 9.17) is 36.7 Å². The molecule has 5 aromatic carbocycles. The van der Waals surface area contributed by atoms with Gasteiger partial charge in [0.15, 0.2) is 17.2 Å². The van der Waals surface area contributed by atoms with Crippen LogP contribution in [0.15, 0.2) is 136 Å². The molecule has 12 rings (SSSR count). The van der Waals surface area contributed by atoms with Crippen LogP contribution < -0.4 is 44.8 Å². The van der Waals surface area contributed by atoms with Crippen molar-refractivity contribution in [2.45, 2.75) is 105 Å². The van der Waals surface area contributed by atoms with Crippen molar-refractivity contribution in [3.05, 3.63) is 192 Å². The molecule has 4 heterocycles. The number of ketones is 1. The van der Waals surface area contributed by atoms with E-state index in [0.29, 0.717) is 57.4 Å². The number of nitriles is 1. The predicted octanol–water partition coefficient (Wildman–Crippen LogP) is 7.71. The Bertz CT molecular complexity index is 4080. The SMILES string of the molecule is CC(=O)OC(C)=O.Cc1ccc(C(=O)NC2CC2)cc1-n1cnc(C#N)c1N.Cc1nc(-c2cccc(C(=O)c3ncn(-c4cc(C(=O)NC5CC5)ccc4C)c3N)c2)no1.Cc1nc(-c2cccc(I)c2)no1.Cl.NC(=NO)c1cccc(I)c1.[Br-].[CH-]1CCCC1.[Mg+2]. The van der Waals surface area contributed by atoms with E-state index in [-0.39, 0.29) is 105 Å². The maximum absolute atomic E-state index is 13.2. The number of ether oxygens (including phenoxy) is 1. The molecular formula is C64H67BrClI2MgN15O9. The number of carbonyl (C=O) groups excluding carboxylic acids is 5. The van der Waals surface area contributed by atoms with Gasteiger partial charge in [-0.25, -0.2) is 9.97 Å². The average Bonchev–Trinajstić information content (AvgIpc) is 1.71. The number of aryl methyl sites for hydroxylation is 4. The number of nitrogen functional groups attached to an aromatic ring is 2. The molecule has 0 unspecified atom stereocenters. The predicted molar refractivity (Wildman–Crippen MR) is 366 cm³/mol. The molecule has 24 nitrogen and oxygen atoms in total. The summed E-state index contributed by atoms with van der Waals surface area (Å²) in [4.78, 5) is 74.0. The molecule has 93 heavy (non-hydrogen) atoms. The zero-order chi connectivity index (χ0) is 65.0. The van der Waals surface area contributed by atoms with E-state index in [1.807, 2.05) is 74.5 Å². The third-order valence-electron chi connectivity index (χ3n) is 13.3. The van der Waals surface area contributed by atoms with Crippen molar-refractivity contribution < 1.29 is 59.9 Å². The van der Waals surface area contributed by atoms with Gasteiger partial charge in [-0.05, 0) is 150 Å². The summed E-state index contributed by atoms with van der Waals surface area (Å²) < 4.78 is 19.4. The maximum atomic E-state index is 13.2. The number of amidine groups is 1. The summed E-state index contributed by atoms with van der Waals surface area (Å²) in [5.41, 5.74) is 25.1. The molecule has 29 heteroatoms. The minimum atomic E-state index is -0.562. The Morgan fingerprint density at radius 2 is 1.13 bits per heavy atom. The smallest absolute Gasteiger partial charge is 1.00 e. The number of amides is 2. The summed E-state index contributed by atoms with van der Waals surface area (Å²) in [6.45, 7) is 9.68. The van der Waals surface area contributed by atoms with Crippen LogP contribution in [0.4, 0.5) is 11.6 Å². The summed E-state index contributed by atoms with van der Waals surface area (Å²) in [6, 6.07) is 35.6. The molecule has 3 fully saturated rings. The van der Waals surface area contributed by atoms with E-state index >= 15 is 0 Å². The Labute approximate surface area is 597 Å². The number of oxime groups is 1. The van der Waals surface area contributed by atoms with Gasteiger partial charge in [0.25, 0.3) is 11.8 Å². The first-order chi connectivity index (χ1) is 43.1. The molecule has 0 atom stereocenters. The molecular weight excluding hydrogens is 1520 g/mol. The van der Waals surface area contributed by atoms with Crippen molar-refractivity contribution in [2.75, 3.05) is 11.5 Å². The Hall–Kier alpha value is -8.09. The van der Waals surface area contributed by atoms with Crippen LogP contribution in [-0.2, 0) is 14.3 Å². The quantitative estimate of drug-likeness (QED) is 0.00689. The number of halogens is 4. The molecule has 2 amide bonds. The monoisotopic (exact) mass is 1580 g/mol. The van der Waals surface area contributed by atoms with Gasteiger partial charge in [-0.2, -0.15) is 28.1 Å². The minimum absolute atomic E-state index is 0. The van der Waals surface area contributed by atoms with Crippen LogP contribution in [0.2, 0.25) is 0 Å². The number of benzene rings is 5. The van der Waals surface area contributed by atoms with E-state index in [9.17, 15) is 24.0 Å². The van der Waals surface area contributed by atoms with Crippen molar-refractivity contribution in [3.8, 4) is 40.2 Å². The van der Waals surface area contributed by atoms with Crippen molar-refractivity contribution in [3.63, 3.8) is 0 Å². The summed E-state index contributed by atoms with van der Waals surface area (Å²) in [5.74, 6) is 1.04. The molecule has 0 spiro atoms. The van der Waals surface area contributed by atoms with Crippen LogP contribution in [0, 0.1) is 52.6 Å². The number of rotatable bonds is 11. The fraction of sp³-hybridized carbons (Fsp3) is 0.250. The van der Waals surface area contributed by atoms with Crippen LogP contribution in [0.25, 0.3) is 34.2 Å². The Balaban J connectivity index is 0.000000263. The van der Waals surface area contributed by atoms with Gasteiger partial charge in [0.2, 0.25) is 29.2 Å². The molecule has 9 N–H and O–H groups in total. The van der Waals surface area contributed by atoms with Gasteiger partial charge in [-0.15, -0.1) is 12.4 Å². The van der Waals surface area contributed by atoms with Gasteiger partial charge in [-0.3, -0.25) is 33.1 Å². The molecule has 0 aliphatic heterocycles. The molecule has 3 aliphatic carbocycles. The Morgan fingerprint density at radius 1 is 0.667 bits per heavy atom. The second-order valence-corrected chi connectivity index (χ2v) is 23.1. The van der Waals surface area contributed by atoms with Gasteiger partial charge in [0.1, 0.15) is 30.4 Å². The van der Waals surface area contributed by atoms with Crippen LogP contribution in [0.3, 0.4) is 0 Å². The standard InChI is InChI=1S/C24H22N6O3.C15H15N5O.C9H7IN2O.C7H7IN2O.C5H9.C4H6O3.BrH.ClH.Mg/c1-13-6-7-17(24(32)28-18-8-9-18)11-19(13)30-12-26-20(22(30)25)21(31)15-4-3-5-16(10-15)23-27-14(2)33-29-23;1-9-2-3-10(15(21)19-11-4-5-11)6-13(9)20-8-18-12(7-16)14(20)17;1-6-11-9(12-13-6)7-3-2-4-8(10)5-7;8-6-3-1-2-5(4-6)7(9)10-11;1-2-4-5-3-1;1-3(5)7-4(2)6;;;/h3-7,10-12,18H,8-9,25H2,1-2H3,(H,28,32);2-3,6,8,11H,4-5,17H2,1H3,(H,19,21);2-5H,1H3;1-4,11H,(H2,9,10);1H,2-5H2;1-2H3;2*1H;/q;;;;-1;;;;+2/p-1. The van der Waals surface area contributed by atoms with Crippen LogP contribution in [-0.4, -0.2) is 115 Å². The number of nitrogens with zero attached hydrogens (tertiary/aromatic N) is 10. The summed E-state index contributed by atoms with van der Waals surface area (Å²) >= 11 is 4.42. The van der Waals surface area contributed by atoms with E-state index in [1.54, 1.807) is 77.6 Å². The molecule has 482 valence electrons. The fourth-order valence-corrected chi connectivity index (χ4v) is 9.49. The van der Waals surface area contributed by atoms with E-state index in [0.717, 1.165) is 60.8 Å². The number of nitrogens with one attached hydrogen (secondary N) is 2. The van der Waals surface area contributed by atoms with Gasteiger partial charge in [-0.1, -0.05) is 82.9 Å². The summed E-state index contributed by atoms with van der Waals surface area (Å²) in [5, 5.41) is 33.8. The number of nitrogens with two attached hydrogens (primary N) is 3. The molecule has 3 saturated carbocycles. The van der Waals surface area contributed by atoms with Crippen molar-refractivity contribution >= 4 is 128 Å². The van der Waals surface area contributed by atoms with Crippen LogP contribution in [0.1, 0.15) is 136 Å². The average molecular weight is 1580 g/mol. The fourth-order valence-electron chi connectivity index (χ4n) is 8.40. The van der Waals surface area contributed by atoms with E-state index in [2.05, 4.69) is 102 Å². The zero-order valence-corrected chi connectivity index (χ0v) is 59.7. The van der Waals surface area contributed by atoms with Gasteiger partial charge >= 0.3 is 35.0 Å². The van der Waals surface area contributed by atoms with E-state index in [1.165, 1.54) is 52.2 Å². The first-order valence-electron chi connectivity index (χ1n) is 28.3. The number of esters is 2. The van der Waals surface area contributed by atoms with Gasteiger partial charge in [0.05, 0.1) is 11.4 Å². The number of hydrogen-bond donors (Lipinski definition) is 6. The second kappa shape index (κ2) is 37.6. The molecule has 9 aromatic rings. The van der Waals surface area contributed by atoms with Crippen molar-refractivity contribution in [2.24, 2.45) is 10.9 Å². The molecule has 0 bridgehead atoms. The molecule has 0 radical (unpaired) electrons. The first kappa shape index (κ1) is 77.4. The van der Waals surface area contributed by atoms with Gasteiger partial charge < -0.3 is 70.2 Å².